The Morgan fingerprint density at radius 2 is 2.00 bits per heavy atom. The van der Waals surface area contributed by atoms with Gasteiger partial charge in [-0.15, -0.1) is 11.3 Å². The number of fused-ring (bicyclic) bond motifs is 1. The summed E-state index contributed by atoms with van der Waals surface area (Å²) in [5.74, 6) is 0.118. The normalized spacial score (nSPS) is 19.2. The van der Waals surface area contributed by atoms with E-state index >= 15 is 0 Å². The first-order valence-electron chi connectivity index (χ1n) is 6.34. The van der Waals surface area contributed by atoms with Crippen LogP contribution in [-0.2, 0) is 4.79 Å². The fraction of sp³-hybridized carbons (Fsp3) is 0.333. The van der Waals surface area contributed by atoms with Gasteiger partial charge in [-0.3, -0.25) is 4.79 Å². The summed E-state index contributed by atoms with van der Waals surface area (Å²) in [6.07, 6.45) is 1.29. The lowest BCUT2D eigenvalue weighted by molar-refractivity contribution is -0.116. The molecule has 0 saturated heterocycles. The van der Waals surface area contributed by atoms with E-state index in [1.165, 1.54) is 0 Å². The molecule has 0 spiro atoms. The number of hydrogen-bond acceptors (Lipinski definition) is 4. The van der Waals surface area contributed by atoms with Crippen LogP contribution in [-0.4, -0.2) is 10.8 Å². The fourth-order valence-corrected chi connectivity index (χ4v) is 3.67. The SMILES string of the molecule is CC1(C)CC(=O)C(c2nc3ccccc3s2)=C(N)C1. The molecule has 3 rings (SSSR count). The molecule has 1 aliphatic rings. The molecule has 3 nitrogen and oxygen atoms in total. The Labute approximate surface area is 116 Å². The first kappa shape index (κ1) is 12.4. The van der Waals surface area contributed by atoms with Gasteiger partial charge in [0.05, 0.1) is 15.8 Å². The first-order chi connectivity index (χ1) is 8.96. The summed E-state index contributed by atoms with van der Waals surface area (Å²) in [6.45, 7) is 4.15. The molecule has 98 valence electrons. The van der Waals surface area contributed by atoms with E-state index in [1.54, 1.807) is 11.3 Å². The van der Waals surface area contributed by atoms with Crippen LogP contribution in [0.3, 0.4) is 0 Å². The number of Topliss-reactive ketones (excluding diaryl/α,β-unsaturated/α-hetero) is 1. The molecule has 0 radical (unpaired) electrons. The predicted molar refractivity (Wildman–Crippen MR) is 78.7 cm³/mol. The number of carbonyl (C=O) groups excluding carboxylic acids is 1. The van der Waals surface area contributed by atoms with Crippen molar-refractivity contribution in [2.24, 2.45) is 11.1 Å². The van der Waals surface area contributed by atoms with Crippen molar-refractivity contribution < 1.29 is 4.79 Å². The second-order valence-electron chi connectivity index (χ2n) is 5.83. The summed E-state index contributed by atoms with van der Waals surface area (Å²) in [7, 11) is 0. The number of carbonyl (C=O) groups is 1. The topological polar surface area (TPSA) is 56.0 Å². The summed E-state index contributed by atoms with van der Waals surface area (Å²) >= 11 is 1.54. The zero-order valence-electron chi connectivity index (χ0n) is 11.1. The monoisotopic (exact) mass is 272 g/mol. The molecule has 0 unspecified atom stereocenters. The average molecular weight is 272 g/mol. The van der Waals surface area contributed by atoms with Crippen LogP contribution in [0.2, 0.25) is 0 Å². The Kier molecular flexibility index (Phi) is 2.71. The van der Waals surface area contributed by atoms with Gasteiger partial charge in [-0.1, -0.05) is 26.0 Å². The smallest absolute Gasteiger partial charge is 0.168 e. The van der Waals surface area contributed by atoms with Crippen LogP contribution in [0.5, 0.6) is 0 Å². The number of hydrogen-bond donors (Lipinski definition) is 1. The number of aromatic nitrogens is 1. The molecule has 0 bridgehead atoms. The number of nitrogens with zero attached hydrogens (tertiary/aromatic N) is 1. The summed E-state index contributed by atoms with van der Waals surface area (Å²) < 4.78 is 1.09. The van der Waals surface area contributed by atoms with Crippen LogP contribution in [0.1, 0.15) is 31.7 Å². The van der Waals surface area contributed by atoms with E-state index in [1.807, 2.05) is 24.3 Å². The van der Waals surface area contributed by atoms with Crippen molar-refractivity contribution in [1.82, 2.24) is 4.98 Å². The zero-order valence-corrected chi connectivity index (χ0v) is 11.9. The van der Waals surface area contributed by atoms with Crippen molar-refractivity contribution >= 4 is 32.9 Å². The molecule has 0 atom stereocenters. The van der Waals surface area contributed by atoms with Crippen LogP contribution in [0, 0.1) is 5.41 Å². The van der Waals surface area contributed by atoms with E-state index < -0.39 is 0 Å². The van der Waals surface area contributed by atoms with Crippen molar-refractivity contribution in [3.05, 3.63) is 35.0 Å². The molecule has 1 heterocycles. The summed E-state index contributed by atoms with van der Waals surface area (Å²) in [5.41, 5.74) is 8.34. The molecule has 2 N–H and O–H groups in total. The number of para-hydroxylation sites is 1. The van der Waals surface area contributed by atoms with Crippen LogP contribution < -0.4 is 5.73 Å². The maximum atomic E-state index is 12.3. The lowest BCUT2D eigenvalue weighted by Gasteiger charge is -2.29. The van der Waals surface area contributed by atoms with Gasteiger partial charge >= 0.3 is 0 Å². The summed E-state index contributed by atoms with van der Waals surface area (Å²) in [6, 6.07) is 7.91. The van der Waals surface area contributed by atoms with Gasteiger partial charge < -0.3 is 5.73 Å². The Morgan fingerprint density at radius 3 is 2.68 bits per heavy atom. The maximum Gasteiger partial charge on any atom is 0.168 e. The lowest BCUT2D eigenvalue weighted by atomic mass is 9.76. The van der Waals surface area contributed by atoms with Crippen molar-refractivity contribution in [2.45, 2.75) is 26.7 Å². The summed E-state index contributed by atoms with van der Waals surface area (Å²) in [4.78, 5) is 16.9. The Balaban J connectivity index is 2.12. The van der Waals surface area contributed by atoms with Gasteiger partial charge in [0.15, 0.2) is 5.78 Å². The zero-order chi connectivity index (χ0) is 13.6. The number of allylic oxidation sites excluding steroid dienone is 2. The lowest BCUT2D eigenvalue weighted by Crippen LogP contribution is -2.28. The second kappa shape index (κ2) is 4.17. The minimum absolute atomic E-state index is 0.0403. The molecule has 0 amide bonds. The van der Waals surface area contributed by atoms with Gasteiger partial charge in [0, 0.05) is 12.1 Å². The number of rotatable bonds is 1. The van der Waals surface area contributed by atoms with Gasteiger partial charge in [0.25, 0.3) is 0 Å². The third kappa shape index (κ3) is 2.16. The van der Waals surface area contributed by atoms with Gasteiger partial charge in [-0.2, -0.15) is 0 Å². The quantitative estimate of drug-likeness (QED) is 0.866. The average Bonchev–Trinajstić information content (AvgIpc) is 2.68. The molecular weight excluding hydrogens is 256 g/mol. The molecule has 0 saturated carbocycles. The van der Waals surface area contributed by atoms with Crippen LogP contribution >= 0.6 is 11.3 Å². The molecule has 2 aromatic rings. The fourth-order valence-electron chi connectivity index (χ4n) is 2.60. The van der Waals surface area contributed by atoms with Crippen molar-refractivity contribution in [1.29, 1.82) is 0 Å². The van der Waals surface area contributed by atoms with Gasteiger partial charge in [0.1, 0.15) is 5.01 Å². The third-order valence-electron chi connectivity index (χ3n) is 3.42. The van der Waals surface area contributed by atoms with Gasteiger partial charge in [0.2, 0.25) is 0 Å². The summed E-state index contributed by atoms with van der Waals surface area (Å²) in [5, 5.41) is 0.763. The van der Waals surface area contributed by atoms with E-state index in [4.69, 9.17) is 5.73 Å². The van der Waals surface area contributed by atoms with Gasteiger partial charge in [-0.05, 0) is 24.0 Å². The largest absolute Gasteiger partial charge is 0.401 e. The minimum atomic E-state index is -0.0403. The highest BCUT2D eigenvalue weighted by Crippen LogP contribution is 2.40. The molecule has 1 aromatic heterocycles. The van der Waals surface area contributed by atoms with E-state index in [-0.39, 0.29) is 11.2 Å². The minimum Gasteiger partial charge on any atom is -0.401 e. The predicted octanol–water partition coefficient (Wildman–Crippen LogP) is 3.36. The van der Waals surface area contributed by atoms with E-state index in [0.717, 1.165) is 21.6 Å². The Morgan fingerprint density at radius 1 is 1.26 bits per heavy atom. The van der Waals surface area contributed by atoms with Crippen molar-refractivity contribution in [3.8, 4) is 0 Å². The second-order valence-corrected chi connectivity index (χ2v) is 6.86. The number of thiazole rings is 1. The highest BCUT2D eigenvalue weighted by atomic mass is 32.1. The number of benzene rings is 1. The Bertz CT molecular complexity index is 664. The molecular formula is C15H16N2OS. The highest BCUT2D eigenvalue weighted by molar-refractivity contribution is 7.19. The van der Waals surface area contributed by atoms with E-state index in [2.05, 4.69) is 18.8 Å². The maximum absolute atomic E-state index is 12.3. The van der Waals surface area contributed by atoms with Crippen LogP contribution in [0.25, 0.3) is 15.8 Å². The standard InChI is InChI=1S/C15H16N2OS/c1-15(2)7-9(16)13(11(18)8-15)14-17-10-5-3-4-6-12(10)19-14/h3-6H,7-8,16H2,1-2H3. The molecule has 0 aliphatic heterocycles. The highest BCUT2D eigenvalue weighted by Gasteiger charge is 2.33. The van der Waals surface area contributed by atoms with Gasteiger partial charge in [-0.25, -0.2) is 4.98 Å². The van der Waals surface area contributed by atoms with Crippen LogP contribution in [0.15, 0.2) is 30.0 Å². The van der Waals surface area contributed by atoms with Crippen molar-refractivity contribution in [2.75, 3.05) is 0 Å². The molecule has 1 aromatic carbocycles. The van der Waals surface area contributed by atoms with E-state index in [9.17, 15) is 4.79 Å². The van der Waals surface area contributed by atoms with E-state index in [0.29, 0.717) is 17.7 Å². The van der Waals surface area contributed by atoms with Crippen molar-refractivity contribution in [3.63, 3.8) is 0 Å². The molecule has 1 aliphatic carbocycles. The Hall–Kier alpha value is -1.68. The third-order valence-corrected chi connectivity index (χ3v) is 4.47. The first-order valence-corrected chi connectivity index (χ1v) is 7.16. The number of ketones is 1. The molecule has 0 fully saturated rings. The van der Waals surface area contributed by atoms with Crippen LogP contribution in [0.4, 0.5) is 0 Å². The molecule has 4 heteroatoms. The number of nitrogens with two attached hydrogens (primary N) is 1. The molecule has 19 heavy (non-hydrogen) atoms.